The first-order chi connectivity index (χ1) is 9.83. The smallest absolute Gasteiger partial charge is 0.00129 e. The van der Waals surface area contributed by atoms with Crippen molar-refractivity contribution in [1.82, 2.24) is 9.80 Å². The van der Waals surface area contributed by atoms with Crippen LogP contribution in [-0.2, 0) is 0 Å². The summed E-state index contributed by atoms with van der Waals surface area (Å²) < 4.78 is 0. The molecule has 1 heterocycles. The Balaban J connectivity index is 0.00000220. The van der Waals surface area contributed by atoms with Crippen LogP contribution < -0.4 is 0 Å². The maximum atomic E-state index is 2.77. The number of rotatable bonds is 9. The number of halogens is 1. The van der Waals surface area contributed by atoms with Gasteiger partial charge in [0.25, 0.3) is 0 Å². The maximum absolute atomic E-state index is 2.77. The monoisotopic (exact) mass is 316 g/mol. The van der Waals surface area contributed by atoms with Gasteiger partial charge in [-0.1, -0.05) is 39.5 Å². The molecule has 2 unspecified atom stereocenters. The second-order valence-electron chi connectivity index (χ2n) is 7.01. The van der Waals surface area contributed by atoms with Crippen LogP contribution in [0.1, 0.15) is 65.2 Å². The van der Waals surface area contributed by atoms with Crippen LogP contribution in [0.2, 0.25) is 0 Å². The van der Waals surface area contributed by atoms with Gasteiger partial charge in [0.1, 0.15) is 0 Å². The molecule has 0 N–H and O–H groups in total. The molecule has 126 valence electrons. The van der Waals surface area contributed by atoms with Crippen LogP contribution in [0.15, 0.2) is 0 Å². The summed E-state index contributed by atoms with van der Waals surface area (Å²) in [4.78, 5) is 5.32. The van der Waals surface area contributed by atoms with Crippen LogP contribution in [0, 0.1) is 11.8 Å². The van der Waals surface area contributed by atoms with Gasteiger partial charge in [0.05, 0.1) is 0 Å². The van der Waals surface area contributed by atoms with Gasteiger partial charge in [-0.15, -0.1) is 12.4 Å². The standard InChI is InChI=1S/C18H36N2.ClH/c1-3-19(4-2)13-9-5-6-10-14-20-15-17-11-7-8-12-18(17)16-20;/h17-18H,3-16H2,1-2H3;1H. The molecule has 0 aromatic carbocycles. The predicted molar refractivity (Wildman–Crippen MR) is 95.4 cm³/mol. The van der Waals surface area contributed by atoms with E-state index in [1.165, 1.54) is 90.6 Å². The van der Waals surface area contributed by atoms with E-state index >= 15 is 0 Å². The lowest BCUT2D eigenvalue weighted by atomic mass is 9.82. The van der Waals surface area contributed by atoms with Crippen molar-refractivity contribution in [2.24, 2.45) is 11.8 Å². The zero-order valence-corrected chi connectivity index (χ0v) is 15.2. The molecule has 0 spiro atoms. The molecule has 21 heavy (non-hydrogen) atoms. The molecular weight excluding hydrogens is 280 g/mol. The van der Waals surface area contributed by atoms with Gasteiger partial charge in [-0.05, 0) is 63.7 Å². The van der Waals surface area contributed by atoms with Gasteiger partial charge >= 0.3 is 0 Å². The average Bonchev–Trinajstić information content (AvgIpc) is 2.89. The minimum atomic E-state index is 0. The second kappa shape index (κ2) is 10.9. The molecule has 0 bridgehead atoms. The first-order valence-corrected chi connectivity index (χ1v) is 9.28. The van der Waals surface area contributed by atoms with Gasteiger partial charge in [0, 0.05) is 13.1 Å². The Bertz CT molecular complexity index is 242. The molecule has 0 aromatic rings. The van der Waals surface area contributed by atoms with E-state index in [-0.39, 0.29) is 12.4 Å². The van der Waals surface area contributed by atoms with Gasteiger partial charge < -0.3 is 9.80 Å². The molecule has 2 rings (SSSR count). The number of likely N-dealkylation sites (tertiary alicyclic amines) is 1. The molecule has 1 aliphatic carbocycles. The van der Waals surface area contributed by atoms with Crippen molar-refractivity contribution >= 4 is 12.4 Å². The molecule has 1 saturated heterocycles. The van der Waals surface area contributed by atoms with E-state index < -0.39 is 0 Å². The van der Waals surface area contributed by atoms with Crippen molar-refractivity contribution in [2.45, 2.75) is 65.2 Å². The highest BCUT2D eigenvalue weighted by molar-refractivity contribution is 5.85. The lowest BCUT2D eigenvalue weighted by Crippen LogP contribution is -2.24. The molecule has 1 saturated carbocycles. The van der Waals surface area contributed by atoms with Crippen LogP contribution in [-0.4, -0.2) is 49.1 Å². The number of hydrogen-bond acceptors (Lipinski definition) is 2. The fraction of sp³-hybridized carbons (Fsp3) is 1.00. The zero-order chi connectivity index (χ0) is 14.2. The Hall–Kier alpha value is 0.210. The van der Waals surface area contributed by atoms with Gasteiger partial charge in [0.15, 0.2) is 0 Å². The van der Waals surface area contributed by atoms with E-state index in [0.29, 0.717) is 0 Å². The van der Waals surface area contributed by atoms with Crippen LogP contribution in [0.4, 0.5) is 0 Å². The molecule has 1 aliphatic heterocycles. The third-order valence-corrected chi connectivity index (χ3v) is 5.65. The summed E-state index contributed by atoms with van der Waals surface area (Å²) in [6.45, 7) is 12.5. The largest absolute Gasteiger partial charge is 0.304 e. The Morgan fingerprint density at radius 2 is 1.43 bits per heavy atom. The van der Waals surface area contributed by atoms with Crippen molar-refractivity contribution in [3.63, 3.8) is 0 Å². The van der Waals surface area contributed by atoms with Crippen LogP contribution >= 0.6 is 12.4 Å². The fourth-order valence-corrected chi connectivity index (χ4v) is 4.25. The Morgan fingerprint density at radius 1 is 0.857 bits per heavy atom. The van der Waals surface area contributed by atoms with E-state index in [1.54, 1.807) is 0 Å². The SMILES string of the molecule is CCN(CC)CCCCCCN1CC2CCCCC2C1.Cl. The van der Waals surface area contributed by atoms with Crippen LogP contribution in [0.25, 0.3) is 0 Å². The summed E-state index contributed by atoms with van der Waals surface area (Å²) in [5.74, 6) is 2.12. The highest BCUT2D eigenvalue weighted by atomic mass is 35.5. The van der Waals surface area contributed by atoms with Gasteiger partial charge in [-0.2, -0.15) is 0 Å². The molecule has 2 atom stereocenters. The van der Waals surface area contributed by atoms with E-state index in [2.05, 4.69) is 23.6 Å². The number of hydrogen-bond donors (Lipinski definition) is 0. The third kappa shape index (κ3) is 6.46. The molecular formula is C18H37ClN2. The van der Waals surface area contributed by atoms with E-state index in [1.807, 2.05) is 0 Å². The Labute approximate surface area is 139 Å². The molecule has 0 aromatic heterocycles. The topological polar surface area (TPSA) is 6.48 Å². The normalized spacial score (nSPS) is 25.9. The van der Waals surface area contributed by atoms with Crippen molar-refractivity contribution in [1.29, 1.82) is 0 Å². The quantitative estimate of drug-likeness (QED) is 0.580. The number of nitrogens with zero attached hydrogens (tertiary/aromatic N) is 2. The van der Waals surface area contributed by atoms with Crippen LogP contribution in [0.5, 0.6) is 0 Å². The number of fused-ring (bicyclic) bond motifs is 1. The minimum absolute atomic E-state index is 0. The second-order valence-corrected chi connectivity index (χ2v) is 7.01. The summed E-state index contributed by atoms with van der Waals surface area (Å²) in [6, 6.07) is 0. The summed E-state index contributed by atoms with van der Waals surface area (Å²) >= 11 is 0. The Kier molecular flexibility index (Phi) is 9.96. The van der Waals surface area contributed by atoms with Gasteiger partial charge in [0.2, 0.25) is 0 Å². The molecule has 0 radical (unpaired) electrons. The summed E-state index contributed by atoms with van der Waals surface area (Å²) in [5, 5.41) is 0. The van der Waals surface area contributed by atoms with Gasteiger partial charge in [-0.25, -0.2) is 0 Å². The molecule has 2 aliphatic rings. The lowest BCUT2D eigenvalue weighted by Gasteiger charge is -2.23. The highest BCUT2D eigenvalue weighted by Gasteiger charge is 2.33. The Morgan fingerprint density at radius 3 is 2.00 bits per heavy atom. The summed E-state index contributed by atoms with van der Waals surface area (Å²) in [5.41, 5.74) is 0. The van der Waals surface area contributed by atoms with Crippen LogP contribution in [0.3, 0.4) is 0 Å². The van der Waals surface area contributed by atoms with E-state index in [9.17, 15) is 0 Å². The van der Waals surface area contributed by atoms with Crippen molar-refractivity contribution < 1.29 is 0 Å². The predicted octanol–water partition coefficient (Wildman–Crippen LogP) is 4.43. The van der Waals surface area contributed by atoms with E-state index in [0.717, 1.165) is 11.8 Å². The van der Waals surface area contributed by atoms with Crippen molar-refractivity contribution in [3.05, 3.63) is 0 Å². The molecule has 3 heteroatoms. The van der Waals surface area contributed by atoms with Crippen molar-refractivity contribution in [2.75, 3.05) is 39.3 Å². The summed E-state index contributed by atoms with van der Waals surface area (Å²) in [6.07, 6.45) is 11.7. The molecule has 0 amide bonds. The minimum Gasteiger partial charge on any atom is -0.304 e. The fourth-order valence-electron chi connectivity index (χ4n) is 4.25. The van der Waals surface area contributed by atoms with Crippen molar-refractivity contribution in [3.8, 4) is 0 Å². The average molecular weight is 317 g/mol. The zero-order valence-electron chi connectivity index (χ0n) is 14.4. The number of unbranched alkanes of at least 4 members (excludes halogenated alkanes) is 3. The highest BCUT2D eigenvalue weighted by Crippen LogP contribution is 2.35. The van der Waals surface area contributed by atoms with E-state index in [4.69, 9.17) is 0 Å². The first-order valence-electron chi connectivity index (χ1n) is 9.28. The summed E-state index contributed by atoms with van der Waals surface area (Å²) in [7, 11) is 0. The first kappa shape index (κ1) is 19.3. The molecule has 2 fully saturated rings. The molecule has 2 nitrogen and oxygen atoms in total. The van der Waals surface area contributed by atoms with Gasteiger partial charge in [-0.3, -0.25) is 0 Å². The maximum Gasteiger partial charge on any atom is 0.00129 e. The lowest BCUT2D eigenvalue weighted by molar-refractivity contribution is 0.288. The third-order valence-electron chi connectivity index (χ3n) is 5.65.